The molecule has 4 aromatic rings. The van der Waals surface area contributed by atoms with Gasteiger partial charge in [0.15, 0.2) is 0 Å². The highest BCUT2D eigenvalue weighted by atomic mass is 16.5. The summed E-state index contributed by atoms with van der Waals surface area (Å²) >= 11 is 0. The molecular weight excluding hydrogens is 402 g/mol. The summed E-state index contributed by atoms with van der Waals surface area (Å²) in [4.78, 5) is 2.25. The van der Waals surface area contributed by atoms with E-state index in [4.69, 9.17) is 4.74 Å². The Balaban J connectivity index is 1.60. The van der Waals surface area contributed by atoms with Gasteiger partial charge in [0, 0.05) is 23.0 Å². The van der Waals surface area contributed by atoms with Crippen LogP contribution in [0.3, 0.4) is 0 Å². The number of fused-ring (bicyclic) bond motifs is 1. The predicted octanol–water partition coefficient (Wildman–Crippen LogP) is 7.55. The summed E-state index contributed by atoms with van der Waals surface area (Å²) in [7, 11) is 1.71. The van der Waals surface area contributed by atoms with E-state index in [1.54, 1.807) is 7.11 Å². The third kappa shape index (κ3) is 4.33. The largest absolute Gasteiger partial charge is 0.497 e. The van der Waals surface area contributed by atoms with E-state index in [1.165, 1.54) is 16.7 Å². The van der Waals surface area contributed by atoms with Crippen molar-refractivity contribution in [3.05, 3.63) is 144 Å². The van der Waals surface area contributed by atoms with Gasteiger partial charge in [-0.05, 0) is 59.5 Å². The standard InChI is InChI=1S/C31H27NO/c1-33-30-18-16-27(17-19-30)31(21-20-25-10-8-9-11-26(25)24-31)22-23-32(28-12-4-2-5-13-28)29-14-6-3-7-15-29/h2-23H,24H2,1H3. The van der Waals surface area contributed by atoms with Gasteiger partial charge in [-0.1, -0.05) is 91.0 Å². The molecule has 2 nitrogen and oxygen atoms in total. The molecule has 0 saturated heterocycles. The second-order valence-corrected chi connectivity index (χ2v) is 8.33. The minimum absolute atomic E-state index is 0.261. The lowest BCUT2D eigenvalue weighted by Crippen LogP contribution is -2.27. The maximum Gasteiger partial charge on any atom is 0.118 e. The molecule has 0 amide bonds. The fourth-order valence-electron chi connectivity index (χ4n) is 4.49. The Morgan fingerprint density at radius 2 is 1.33 bits per heavy atom. The maximum atomic E-state index is 5.42. The Morgan fingerprint density at radius 3 is 1.97 bits per heavy atom. The number of nitrogens with zero attached hydrogens (tertiary/aromatic N) is 1. The smallest absolute Gasteiger partial charge is 0.118 e. The first-order valence-electron chi connectivity index (χ1n) is 11.3. The van der Waals surface area contributed by atoms with Gasteiger partial charge in [0.2, 0.25) is 0 Å². The first-order valence-corrected chi connectivity index (χ1v) is 11.3. The van der Waals surface area contributed by atoms with Gasteiger partial charge in [0.05, 0.1) is 7.11 Å². The summed E-state index contributed by atoms with van der Waals surface area (Å²) in [6.45, 7) is 0. The van der Waals surface area contributed by atoms with Crippen molar-refractivity contribution in [3.8, 4) is 5.75 Å². The van der Waals surface area contributed by atoms with E-state index in [9.17, 15) is 0 Å². The number of ether oxygens (including phenoxy) is 1. The Kier molecular flexibility index (Phi) is 5.82. The van der Waals surface area contributed by atoms with Crippen LogP contribution in [-0.2, 0) is 11.8 Å². The molecule has 1 aliphatic carbocycles. The third-order valence-electron chi connectivity index (χ3n) is 6.32. The van der Waals surface area contributed by atoms with Crippen molar-refractivity contribution < 1.29 is 4.74 Å². The number of rotatable bonds is 6. The molecule has 5 rings (SSSR count). The highest BCUT2D eigenvalue weighted by Crippen LogP contribution is 2.39. The van der Waals surface area contributed by atoms with Gasteiger partial charge >= 0.3 is 0 Å². The minimum atomic E-state index is -0.261. The number of hydrogen-bond acceptors (Lipinski definition) is 2. The maximum absolute atomic E-state index is 5.42. The Morgan fingerprint density at radius 1 is 0.727 bits per heavy atom. The fraction of sp³-hybridized carbons (Fsp3) is 0.0968. The van der Waals surface area contributed by atoms with Crippen LogP contribution in [0, 0.1) is 0 Å². The lowest BCUT2D eigenvalue weighted by molar-refractivity contribution is 0.414. The van der Waals surface area contributed by atoms with Crippen LogP contribution in [-0.4, -0.2) is 7.11 Å². The molecule has 0 N–H and O–H groups in total. The summed E-state index contributed by atoms with van der Waals surface area (Å²) in [6, 6.07) is 38.1. The highest BCUT2D eigenvalue weighted by Gasteiger charge is 2.31. The molecule has 162 valence electrons. The van der Waals surface area contributed by atoms with Gasteiger partial charge in [0.1, 0.15) is 5.75 Å². The van der Waals surface area contributed by atoms with E-state index >= 15 is 0 Å². The van der Waals surface area contributed by atoms with Gasteiger partial charge in [-0.3, -0.25) is 0 Å². The van der Waals surface area contributed by atoms with Crippen LogP contribution in [0.4, 0.5) is 11.4 Å². The molecule has 1 unspecified atom stereocenters. The molecule has 0 bridgehead atoms. The van der Waals surface area contributed by atoms with Crippen molar-refractivity contribution in [1.82, 2.24) is 0 Å². The highest BCUT2D eigenvalue weighted by molar-refractivity contribution is 5.67. The number of hydrogen-bond donors (Lipinski definition) is 0. The third-order valence-corrected chi connectivity index (χ3v) is 6.32. The zero-order chi connectivity index (χ0) is 22.5. The molecule has 1 aliphatic rings. The number of allylic oxidation sites excluding steroid dienone is 2. The molecule has 33 heavy (non-hydrogen) atoms. The van der Waals surface area contributed by atoms with Crippen LogP contribution in [0.2, 0.25) is 0 Å². The van der Waals surface area contributed by atoms with Gasteiger partial charge < -0.3 is 9.64 Å². The monoisotopic (exact) mass is 429 g/mol. The number of anilines is 2. The van der Waals surface area contributed by atoms with Crippen molar-refractivity contribution >= 4 is 17.5 Å². The molecule has 0 fully saturated rings. The van der Waals surface area contributed by atoms with Crippen molar-refractivity contribution in [1.29, 1.82) is 0 Å². The van der Waals surface area contributed by atoms with Crippen LogP contribution in [0.15, 0.2) is 128 Å². The molecule has 0 aliphatic heterocycles. The van der Waals surface area contributed by atoms with Gasteiger partial charge in [-0.25, -0.2) is 0 Å². The van der Waals surface area contributed by atoms with Crippen LogP contribution < -0.4 is 9.64 Å². The molecule has 0 saturated carbocycles. The van der Waals surface area contributed by atoms with E-state index < -0.39 is 0 Å². The van der Waals surface area contributed by atoms with Gasteiger partial charge in [-0.15, -0.1) is 0 Å². The molecule has 0 spiro atoms. The summed E-state index contributed by atoms with van der Waals surface area (Å²) in [6.07, 6.45) is 10.0. The summed E-state index contributed by atoms with van der Waals surface area (Å²) in [5.41, 5.74) is 5.88. The topological polar surface area (TPSA) is 12.5 Å². The predicted molar refractivity (Wildman–Crippen MR) is 138 cm³/mol. The van der Waals surface area contributed by atoms with E-state index in [0.29, 0.717) is 0 Å². The molecule has 2 heteroatoms. The fourth-order valence-corrected chi connectivity index (χ4v) is 4.49. The van der Waals surface area contributed by atoms with Gasteiger partial charge in [0.25, 0.3) is 0 Å². The van der Waals surface area contributed by atoms with E-state index in [1.807, 2.05) is 12.1 Å². The van der Waals surface area contributed by atoms with Crippen LogP contribution >= 0.6 is 0 Å². The number of benzene rings is 4. The van der Waals surface area contributed by atoms with Crippen molar-refractivity contribution in [3.63, 3.8) is 0 Å². The van der Waals surface area contributed by atoms with Crippen LogP contribution in [0.5, 0.6) is 5.75 Å². The van der Waals surface area contributed by atoms with E-state index in [2.05, 4.69) is 126 Å². The summed E-state index contributed by atoms with van der Waals surface area (Å²) in [5.74, 6) is 0.869. The second kappa shape index (κ2) is 9.22. The van der Waals surface area contributed by atoms with Crippen molar-refractivity contribution in [2.75, 3.05) is 12.0 Å². The first kappa shape index (κ1) is 20.8. The lowest BCUT2D eigenvalue weighted by atomic mass is 9.71. The van der Waals surface area contributed by atoms with Crippen molar-refractivity contribution in [2.45, 2.75) is 11.8 Å². The normalized spacial score (nSPS) is 17.0. The SMILES string of the molecule is COc1ccc(C2(C=CN(c3ccccc3)c3ccccc3)C=Cc3ccccc3C2)cc1. The minimum Gasteiger partial charge on any atom is -0.497 e. The molecule has 1 atom stereocenters. The molecule has 0 aromatic heterocycles. The number of para-hydroxylation sites is 2. The molecular formula is C31H27NO. The zero-order valence-electron chi connectivity index (χ0n) is 18.8. The quantitative estimate of drug-likeness (QED) is 0.314. The first-order chi connectivity index (χ1) is 16.3. The van der Waals surface area contributed by atoms with Crippen LogP contribution in [0.25, 0.3) is 6.08 Å². The summed E-state index contributed by atoms with van der Waals surface area (Å²) in [5, 5.41) is 0. The average molecular weight is 430 g/mol. The van der Waals surface area contributed by atoms with E-state index in [0.717, 1.165) is 23.5 Å². The van der Waals surface area contributed by atoms with E-state index in [-0.39, 0.29) is 5.41 Å². The average Bonchev–Trinajstić information content (AvgIpc) is 2.90. The van der Waals surface area contributed by atoms with Crippen LogP contribution in [0.1, 0.15) is 16.7 Å². The lowest BCUT2D eigenvalue weighted by Gasteiger charge is -2.33. The Hall–Kier alpha value is -4.04. The van der Waals surface area contributed by atoms with Crippen molar-refractivity contribution in [2.24, 2.45) is 0 Å². The molecule has 0 heterocycles. The second-order valence-electron chi connectivity index (χ2n) is 8.33. The Labute approximate surface area is 196 Å². The molecule has 4 aromatic carbocycles. The molecule has 0 radical (unpaired) electrons. The summed E-state index contributed by atoms with van der Waals surface area (Å²) < 4.78 is 5.42. The Bertz CT molecular complexity index is 1220. The number of methoxy groups -OCH3 is 1. The zero-order valence-corrected chi connectivity index (χ0v) is 18.8. The van der Waals surface area contributed by atoms with Gasteiger partial charge in [-0.2, -0.15) is 0 Å².